The number of benzene rings is 1. The Balaban J connectivity index is 3.14. The number of esters is 1. The minimum atomic E-state index is -4.04. The number of aromatic hydroxyl groups is 1. The summed E-state index contributed by atoms with van der Waals surface area (Å²) < 4.78 is 31.6. The molecule has 0 aromatic heterocycles. The number of carbonyl (C=O) groups is 1. The molecule has 0 spiro atoms. The van der Waals surface area contributed by atoms with Gasteiger partial charge in [-0.3, -0.25) is 10.1 Å². The smallest absolute Gasteiger partial charge is 0.379 e. The Morgan fingerprint density at radius 3 is 2.70 bits per heavy atom. The molecule has 0 heterocycles. The number of ether oxygens (including phenoxy) is 1. The highest BCUT2D eigenvalue weighted by Crippen LogP contribution is 2.35. The van der Waals surface area contributed by atoms with Gasteiger partial charge in [-0.25, -0.2) is 4.79 Å². The fourth-order valence-electron chi connectivity index (χ4n) is 1.44. The molecule has 0 saturated carbocycles. The Hall–Kier alpha value is -2.29. The summed E-state index contributed by atoms with van der Waals surface area (Å²) in [5.74, 6) is -6.55. The molecule has 7 nitrogen and oxygen atoms in total. The molecule has 20 heavy (non-hydrogen) atoms. The second-order valence-electron chi connectivity index (χ2n) is 3.83. The molecule has 0 bridgehead atoms. The van der Waals surface area contributed by atoms with Gasteiger partial charge < -0.3 is 15.6 Å². The molecular formula is C11H12F2N2O5. The minimum absolute atomic E-state index is 0.253. The van der Waals surface area contributed by atoms with E-state index in [1.54, 1.807) is 0 Å². The van der Waals surface area contributed by atoms with Gasteiger partial charge in [0.1, 0.15) is 6.04 Å². The van der Waals surface area contributed by atoms with Gasteiger partial charge in [0.15, 0.2) is 5.75 Å². The fraction of sp³-hybridized carbons (Fsp3) is 0.364. The van der Waals surface area contributed by atoms with E-state index in [2.05, 4.69) is 4.74 Å². The third-order valence-electron chi connectivity index (χ3n) is 2.49. The van der Waals surface area contributed by atoms with E-state index >= 15 is 0 Å². The molecule has 0 radical (unpaired) electrons. The van der Waals surface area contributed by atoms with Gasteiger partial charge >= 0.3 is 17.6 Å². The lowest BCUT2D eigenvalue weighted by Gasteiger charge is -2.21. The summed E-state index contributed by atoms with van der Waals surface area (Å²) in [6.07, 6.45) is 0. The second kappa shape index (κ2) is 5.78. The molecule has 1 aromatic carbocycles. The van der Waals surface area contributed by atoms with Gasteiger partial charge in [0, 0.05) is 6.07 Å². The summed E-state index contributed by atoms with van der Waals surface area (Å²) in [4.78, 5) is 20.8. The number of carbonyl (C=O) groups excluding carboxylic acids is 1. The number of phenols is 1. The van der Waals surface area contributed by atoms with Gasteiger partial charge in [-0.2, -0.15) is 8.78 Å². The number of hydrogen-bond donors (Lipinski definition) is 2. The van der Waals surface area contributed by atoms with Crippen LogP contribution in [0.1, 0.15) is 18.5 Å². The van der Waals surface area contributed by atoms with Crippen LogP contribution in [0.15, 0.2) is 18.2 Å². The number of hydrogen-bond acceptors (Lipinski definition) is 6. The zero-order chi connectivity index (χ0) is 15.5. The lowest BCUT2D eigenvalue weighted by molar-refractivity contribution is -0.386. The minimum Gasteiger partial charge on any atom is -0.502 e. The molecule has 0 unspecified atom stereocenters. The van der Waals surface area contributed by atoms with Gasteiger partial charge in [-0.15, -0.1) is 0 Å². The number of nitrogens with zero attached hydrogens (tertiary/aromatic N) is 1. The van der Waals surface area contributed by atoms with Crippen molar-refractivity contribution in [3.63, 3.8) is 0 Å². The fourth-order valence-corrected chi connectivity index (χ4v) is 1.44. The third-order valence-corrected chi connectivity index (χ3v) is 2.49. The number of nitro benzene ring substituents is 1. The number of nitrogens with two attached hydrogens (primary N) is 1. The van der Waals surface area contributed by atoms with E-state index in [0.717, 1.165) is 12.1 Å². The number of nitro groups is 1. The van der Waals surface area contributed by atoms with Crippen LogP contribution in [0, 0.1) is 10.1 Å². The predicted molar refractivity (Wildman–Crippen MR) is 63.3 cm³/mol. The van der Waals surface area contributed by atoms with E-state index in [4.69, 9.17) is 5.73 Å². The van der Waals surface area contributed by atoms with Crippen LogP contribution in [0.2, 0.25) is 0 Å². The first-order chi connectivity index (χ1) is 9.21. The van der Waals surface area contributed by atoms with Crippen LogP contribution in [0.25, 0.3) is 0 Å². The molecule has 1 atom stereocenters. The molecule has 3 N–H and O–H groups in total. The Bertz CT molecular complexity index is 536. The van der Waals surface area contributed by atoms with Crippen molar-refractivity contribution >= 4 is 11.7 Å². The van der Waals surface area contributed by atoms with Crippen LogP contribution < -0.4 is 5.73 Å². The third kappa shape index (κ3) is 2.99. The van der Waals surface area contributed by atoms with Crippen molar-refractivity contribution in [1.29, 1.82) is 0 Å². The molecule has 110 valence electrons. The lowest BCUT2D eigenvalue weighted by atomic mass is 10.0. The van der Waals surface area contributed by atoms with Crippen LogP contribution in [-0.4, -0.2) is 28.5 Å². The summed E-state index contributed by atoms with van der Waals surface area (Å²) in [5, 5.41) is 19.8. The molecular weight excluding hydrogens is 278 g/mol. The summed E-state index contributed by atoms with van der Waals surface area (Å²) in [6.45, 7) is 1.10. The molecule has 0 amide bonds. The highest BCUT2D eigenvalue weighted by molar-refractivity contribution is 5.79. The maximum atomic E-state index is 13.7. The summed E-state index contributed by atoms with van der Waals surface area (Å²) in [7, 11) is 0. The number of rotatable bonds is 5. The van der Waals surface area contributed by atoms with Crippen LogP contribution in [0.4, 0.5) is 14.5 Å². The molecule has 0 aliphatic carbocycles. The lowest BCUT2D eigenvalue weighted by Crippen LogP contribution is -2.41. The SMILES string of the molecule is CCOC(=O)C(F)(F)[C@H](N)c1ccc(O)c([N+](=O)[O-])c1. The quantitative estimate of drug-likeness (QED) is 0.482. The molecule has 1 aromatic rings. The molecule has 0 aliphatic rings. The first-order valence-corrected chi connectivity index (χ1v) is 5.49. The monoisotopic (exact) mass is 290 g/mol. The first-order valence-electron chi connectivity index (χ1n) is 5.49. The Morgan fingerprint density at radius 1 is 1.60 bits per heavy atom. The standard InChI is InChI=1S/C11H12F2N2O5/c1-2-20-10(17)11(12,13)9(14)6-3-4-8(16)7(5-6)15(18)19/h3-5,9,16H,2,14H2,1H3/t9-/m1/s1. The largest absolute Gasteiger partial charge is 0.502 e. The summed E-state index contributed by atoms with van der Waals surface area (Å²) in [6, 6.07) is 0.391. The van der Waals surface area contributed by atoms with Gasteiger partial charge in [0.2, 0.25) is 0 Å². The number of halogens is 2. The first kappa shape index (κ1) is 15.8. The topological polar surface area (TPSA) is 116 Å². The molecule has 0 aliphatic heterocycles. The maximum absolute atomic E-state index is 13.7. The van der Waals surface area contributed by atoms with Crippen molar-refractivity contribution in [1.82, 2.24) is 0 Å². The Kier molecular flexibility index (Phi) is 4.56. The van der Waals surface area contributed by atoms with E-state index in [-0.39, 0.29) is 12.2 Å². The van der Waals surface area contributed by atoms with Gasteiger partial charge in [-0.1, -0.05) is 6.07 Å². The van der Waals surface area contributed by atoms with Crippen molar-refractivity contribution in [3.8, 4) is 5.75 Å². The second-order valence-corrected chi connectivity index (χ2v) is 3.83. The highest BCUT2D eigenvalue weighted by Gasteiger charge is 2.48. The van der Waals surface area contributed by atoms with Gasteiger partial charge in [-0.05, 0) is 18.6 Å². The van der Waals surface area contributed by atoms with Crippen LogP contribution in [-0.2, 0) is 9.53 Å². The zero-order valence-corrected chi connectivity index (χ0v) is 10.4. The van der Waals surface area contributed by atoms with E-state index in [9.17, 15) is 28.8 Å². The molecule has 0 saturated heterocycles. The van der Waals surface area contributed by atoms with E-state index in [1.165, 1.54) is 6.92 Å². The van der Waals surface area contributed by atoms with Gasteiger partial charge in [0.25, 0.3) is 0 Å². The molecule has 9 heteroatoms. The van der Waals surface area contributed by atoms with Crippen molar-refractivity contribution in [3.05, 3.63) is 33.9 Å². The average molecular weight is 290 g/mol. The molecule has 0 fully saturated rings. The number of alkyl halides is 2. The van der Waals surface area contributed by atoms with Crippen molar-refractivity contribution < 1.29 is 28.3 Å². The number of phenolic OH excluding ortho intramolecular Hbond substituents is 1. The van der Waals surface area contributed by atoms with E-state index in [0.29, 0.717) is 6.07 Å². The summed E-state index contributed by atoms with van der Waals surface area (Å²) >= 11 is 0. The van der Waals surface area contributed by atoms with E-state index in [1.807, 2.05) is 0 Å². The van der Waals surface area contributed by atoms with Crippen LogP contribution >= 0.6 is 0 Å². The van der Waals surface area contributed by atoms with Crippen LogP contribution in [0.5, 0.6) is 5.75 Å². The predicted octanol–water partition coefficient (Wildman–Crippen LogP) is 1.50. The van der Waals surface area contributed by atoms with Crippen molar-refractivity contribution in [2.24, 2.45) is 5.73 Å². The Morgan fingerprint density at radius 2 is 2.20 bits per heavy atom. The zero-order valence-electron chi connectivity index (χ0n) is 10.4. The summed E-state index contributed by atoms with van der Waals surface area (Å²) in [5.41, 5.74) is 4.12. The van der Waals surface area contributed by atoms with Gasteiger partial charge in [0.05, 0.1) is 11.5 Å². The highest BCUT2D eigenvalue weighted by atomic mass is 19.3. The average Bonchev–Trinajstić information content (AvgIpc) is 2.38. The Labute approximate surface area is 112 Å². The van der Waals surface area contributed by atoms with Crippen molar-refractivity contribution in [2.75, 3.05) is 6.61 Å². The normalized spacial score (nSPS) is 12.8. The van der Waals surface area contributed by atoms with E-state index < -0.39 is 34.3 Å². The van der Waals surface area contributed by atoms with Crippen LogP contribution in [0.3, 0.4) is 0 Å². The van der Waals surface area contributed by atoms with Crippen molar-refractivity contribution in [2.45, 2.75) is 18.9 Å². The maximum Gasteiger partial charge on any atom is 0.379 e. The molecule has 1 rings (SSSR count).